The number of furan rings is 1. The summed E-state index contributed by atoms with van der Waals surface area (Å²) in [6, 6.07) is 51.5. The van der Waals surface area contributed by atoms with Crippen LogP contribution in [-0.4, -0.2) is 24.1 Å². The monoisotopic (exact) mass is 731 g/mol. The lowest BCUT2D eigenvalue weighted by molar-refractivity contribution is 0.666. The average Bonchev–Trinajstić information content (AvgIpc) is 3.94. The highest BCUT2D eigenvalue weighted by atomic mass is 16.3. The van der Waals surface area contributed by atoms with E-state index in [2.05, 4.69) is 161 Å². The number of hydrogen-bond donors (Lipinski definition) is 0. The van der Waals surface area contributed by atoms with Crippen molar-refractivity contribution in [2.24, 2.45) is 0 Å². The summed E-state index contributed by atoms with van der Waals surface area (Å²) in [5.74, 6) is 0.307. The van der Waals surface area contributed by atoms with E-state index in [1.807, 2.05) is 36.8 Å². The van der Waals surface area contributed by atoms with Crippen LogP contribution in [0.5, 0.6) is 0 Å². The molecule has 2 unspecified atom stereocenters. The molecule has 0 bridgehead atoms. The first-order chi connectivity index (χ1) is 28.3. The van der Waals surface area contributed by atoms with Crippen LogP contribution >= 0.6 is 0 Å². The number of aromatic nitrogens is 5. The van der Waals surface area contributed by atoms with Crippen molar-refractivity contribution in [2.45, 2.75) is 11.8 Å². The number of pyridine rings is 3. The molecule has 0 fully saturated rings. The van der Waals surface area contributed by atoms with E-state index in [9.17, 15) is 0 Å². The Labute approximate surface area is 327 Å². The molecule has 268 valence electrons. The Balaban J connectivity index is 0.992. The lowest BCUT2D eigenvalue weighted by Gasteiger charge is -2.24. The SMILES string of the molecule is C1=CC(c2ccc3c(c2)c2ncccc2n3-c2cccc3c2oc2ccc(-c4ccc5c(c4)c4ncccc4n5-c4ccccc4)cc23)C(c2ccccn2)C=C1. The van der Waals surface area contributed by atoms with Gasteiger partial charge in [0.1, 0.15) is 5.58 Å². The highest BCUT2D eigenvalue weighted by Crippen LogP contribution is 2.42. The molecule has 0 N–H and O–H groups in total. The van der Waals surface area contributed by atoms with E-state index in [-0.39, 0.29) is 11.8 Å². The fourth-order valence-corrected chi connectivity index (χ4v) is 9.11. The molecular weight excluding hydrogens is 699 g/mol. The Morgan fingerprint density at radius 2 is 1.14 bits per heavy atom. The molecule has 0 amide bonds. The zero-order valence-corrected chi connectivity index (χ0v) is 30.7. The lowest BCUT2D eigenvalue weighted by atomic mass is 9.80. The molecule has 1 aliphatic rings. The van der Waals surface area contributed by atoms with Crippen LogP contribution in [0.2, 0.25) is 0 Å². The van der Waals surface area contributed by atoms with Crippen LogP contribution in [0.25, 0.3) is 88.3 Å². The molecule has 57 heavy (non-hydrogen) atoms. The topological polar surface area (TPSA) is 61.7 Å². The van der Waals surface area contributed by atoms with Gasteiger partial charge >= 0.3 is 0 Å². The standard InChI is InChI=1S/C51H33N5O/c1-2-11-35(12-3-1)55-43-23-20-32(30-40(43)49-45(55)18-9-27-53-49)33-22-25-48-39(29-33)38-15-8-17-47(51(38)57-48)56-44-24-21-34(31-41(44)50-46(56)19-10-28-54-50)36-13-4-5-14-37(36)42-16-6-7-26-52-42/h1-31,36-37H. The Hall–Kier alpha value is -7.57. The molecule has 6 aromatic heterocycles. The van der Waals surface area contributed by atoms with Gasteiger partial charge in [-0.05, 0) is 108 Å². The Morgan fingerprint density at radius 1 is 0.456 bits per heavy atom. The molecule has 6 heterocycles. The number of benzene rings is 5. The van der Waals surface area contributed by atoms with Gasteiger partial charge in [-0.2, -0.15) is 0 Å². The van der Waals surface area contributed by atoms with Gasteiger partial charge in [-0.1, -0.05) is 78.9 Å². The van der Waals surface area contributed by atoms with E-state index in [0.29, 0.717) is 0 Å². The first-order valence-corrected chi connectivity index (χ1v) is 19.3. The van der Waals surface area contributed by atoms with Gasteiger partial charge in [0.15, 0.2) is 5.58 Å². The summed E-state index contributed by atoms with van der Waals surface area (Å²) in [6.45, 7) is 0. The highest BCUT2D eigenvalue weighted by molar-refractivity contribution is 6.13. The molecule has 0 aliphatic heterocycles. The average molecular weight is 732 g/mol. The number of allylic oxidation sites excluding steroid dienone is 4. The summed E-state index contributed by atoms with van der Waals surface area (Å²) in [5, 5.41) is 4.38. The molecule has 11 aromatic rings. The second-order valence-corrected chi connectivity index (χ2v) is 14.8. The summed E-state index contributed by atoms with van der Waals surface area (Å²) in [5.41, 5.74) is 14.7. The van der Waals surface area contributed by atoms with E-state index in [0.717, 1.165) is 94.0 Å². The largest absolute Gasteiger partial charge is 0.454 e. The fraction of sp³-hybridized carbons (Fsp3) is 0.0392. The van der Waals surface area contributed by atoms with Crippen LogP contribution in [0.4, 0.5) is 0 Å². The van der Waals surface area contributed by atoms with Crippen LogP contribution in [0.3, 0.4) is 0 Å². The molecule has 5 aromatic carbocycles. The quantitative estimate of drug-likeness (QED) is 0.177. The Kier molecular flexibility index (Phi) is 6.95. The predicted octanol–water partition coefficient (Wildman–Crippen LogP) is 12.6. The molecule has 2 atom stereocenters. The molecule has 0 saturated heterocycles. The van der Waals surface area contributed by atoms with Crippen molar-refractivity contribution >= 4 is 65.8 Å². The second-order valence-electron chi connectivity index (χ2n) is 14.8. The number of nitrogens with zero attached hydrogens (tertiary/aromatic N) is 5. The van der Waals surface area contributed by atoms with Crippen LogP contribution in [-0.2, 0) is 0 Å². The van der Waals surface area contributed by atoms with Gasteiger partial charge in [0, 0.05) is 63.4 Å². The van der Waals surface area contributed by atoms with Crippen LogP contribution < -0.4 is 0 Å². The maximum absolute atomic E-state index is 6.78. The smallest absolute Gasteiger partial charge is 0.159 e. The van der Waals surface area contributed by atoms with Crippen molar-refractivity contribution in [1.82, 2.24) is 24.1 Å². The van der Waals surface area contributed by atoms with Gasteiger partial charge in [0.25, 0.3) is 0 Å². The zero-order valence-electron chi connectivity index (χ0n) is 30.7. The van der Waals surface area contributed by atoms with Crippen molar-refractivity contribution in [3.05, 3.63) is 200 Å². The summed E-state index contributed by atoms with van der Waals surface area (Å²) in [6.07, 6.45) is 14.4. The lowest BCUT2D eigenvalue weighted by Crippen LogP contribution is -2.11. The third-order valence-corrected chi connectivity index (χ3v) is 11.7. The summed E-state index contributed by atoms with van der Waals surface area (Å²) in [7, 11) is 0. The van der Waals surface area contributed by atoms with Gasteiger partial charge in [-0.25, -0.2) is 0 Å². The van der Waals surface area contributed by atoms with Gasteiger partial charge in [0.05, 0.1) is 38.8 Å². The minimum Gasteiger partial charge on any atom is -0.454 e. The third kappa shape index (κ3) is 4.87. The van der Waals surface area contributed by atoms with E-state index >= 15 is 0 Å². The van der Waals surface area contributed by atoms with E-state index < -0.39 is 0 Å². The third-order valence-electron chi connectivity index (χ3n) is 11.7. The van der Waals surface area contributed by atoms with Crippen molar-refractivity contribution in [2.75, 3.05) is 0 Å². The van der Waals surface area contributed by atoms with Crippen LogP contribution in [0.1, 0.15) is 23.1 Å². The molecule has 6 heteroatoms. The normalized spacial score (nSPS) is 15.6. The van der Waals surface area contributed by atoms with E-state index in [1.54, 1.807) is 0 Å². The summed E-state index contributed by atoms with van der Waals surface area (Å²) >= 11 is 0. The molecule has 0 saturated carbocycles. The molecule has 1 aliphatic carbocycles. The fourth-order valence-electron chi connectivity index (χ4n) is 9.11. The van der Waals surface area contributed by atoms with Crippen molar-refractivity contribution < 1.29 is 4.42 Å². The number of fused-ring (bicyclic) bond motifs is 9. The minimum absolute atomic E-state index is 0.150. The summed E-state index contributed by atoms with van der Waals surface area (Å²) in [4.78, 5) is 14.5. The Bertz CT molecular complexity index is 3430. The van der Waals surface area contributed by atoms with Gasteiger partial charge in [-0.15, -0.1) is 0 Å². The molecule has 0 spiro atoms. The molecule has 12 rings (SSSR count). The first kappa shape index (κ1) is 31.7. The molecule has 6 nitrogen and oxygen atoms in total. The molecule has 0 radical (unpaired) electrons. The first-order valence-electron chi connectivity index (χ1n) is 19.3. The van der Waals surface area contributed by atoms with Gasteiger partial charge < -0.3 is 13.6 Å². The van der Waals surface area contributed by atoms with Crippen molar-refractivity contribution in [3.8, 4) is 22.5 Å². The maximum Gasteiger partial charge on any atom is 0.159 e. The maximum atomic E-state index is 6.78. The predicted molar refractivity (Wildman–Crippen MR) is 231 cm³/mol. The zero-order chi connectivity index (χ0) is 37.5. The minimum atomic E-state index is 0.150. The summed E-state index contributed by atoms with van der Waals surface area (Å²) < 4.78 is 11.4. The number of hydrogen-bond acceptors (Lipinski definition) is 4. The highest BCUT2D eigenvalue weighted by Gasteiger charge is 2.25. The number of rotatable bonds is 5. The van der Waals surface area contributed by atoms with Gasteiger partial charge in [-0.3, -0.25) is 15.0 Å². The van der Waals surface area contributed by atoms with Crippen LogP contribution in [0, 0.1) is 0 Å². The van der Waals surface area contributed by atoms with Crippen molar-refractivity contribution in [1.29, 1.82) is 0 Å². The second kappa shape index (κ2) is 12.5. The molecular formula is C51H33N5O. The Morgan fingerprint density at radius 3 is 1.95 bits per heavy atom. The van der Waals surface area contributed by atoms with E-state index in [1.165, 1.54) is 5.56 Å². The van der Waals surface area contributed by atoms with Gasteiger partial charge in [0.2, 0.25) is 0 Å². The van der Waals surface area contributed by atoms with E-state index in [4.69, 9.17) is 19.4 Å². The van der Waals surface area contributed by atoms with Crippen LogP contribution in [0.15, 0.2) is 193 Å². The number of para-hydroxylation sites is 2. The van der Waals surface area contributed by atoms with Crippen molar-refractivity contribution in [3.63, 3.8) is 0 Å².